The van der Waals surface area contributed by atoms with Crippen molar-refractivity contribution >= 4 is 17.5 Å². The first-order valence-corrected chi connectivity index (χ1v) is 4.13. The highest BCUT2D eigenvalue weighted by Crippen LogP contribution is 2.14. The predicted octanol–water partition coefficient (Wildman–Crippen LogP) is -0.377. The van der Waals surface area contributed by atoms with E-state index in [-0.39, 0.29) is 17.8 Å². The summed E-state index contributed by atoms with van der Waals surface area (Å²) in [5.41, 5.74) is 9.96. The van der Waals surface area contributed by atoms with Crippen molar-refractivity contribution < 1.29 is 14.0 Å². The first-order chi connectivity index (χ1) is 7.02. The monoisotopic (exact) mass is 211 g/mol. The third-order valence-electron chi connectivity index (χ3n) is 1.70. The molecule has 6 heteroatoms. The van der Waals surface area contributed by atoms with Crippen LogP contribution >= 0.6 is 0 Å². The van der Waals surface area contributed by atoms with Crippen molar-refractivity contribution in [3.8, 4) is 0 Å². The van der Waals surface area contributed by atoms with Gasteiger partial charge in [-0.15, -0.1) is 0 Å². The van der Waals surface area contributed by atoms with Crippen molar-refractivity contribution in [2.24, 2.45) is 5.73 Å². The molecule has 0 saturated carbocycles. The molecule has 0 fully saturated rings. The van der Waals surface area contributed by atoms with E-state index in [9.17, 15) is 14.0 Å². The lowest BCUT2D eigenvalue weighted by molar-refractivity contribution is -0.117. The Hall–Kier alpha value is -2.11. The topological polar surface area (TPSA) is 98.2 Å². The second-order valence-electron chi connectivity index (χ2n) is 2.85. The van der Waals surface area contributed by atoms with E-state index in [0.717, 1.165) is 6.07 Å². The van der Waals surface area contributed by atoms with Crippen LogP contribution in [0.5, 0.6) is 0 Å². The van der Waals surface area contributed by atoms with Crippen molar-refractivity contribution in [1.82, 2.24) is 5.32 Å². The van der Waals surface area contributed by atoms with E-state index in [2.05, 4.69) is 5.32 Å². The number of nitrogens with one attached hydrogen (secondary N) is 1. The summed E-state index contributed by atoms with van der Waals surface area (Å²) in [6, 6.07) is 3.88. The summed E-state index contributed by atoms with van der Waals surface area (Å²) in [6.45, 7) is -0.355. The molecule has 0 heterocycles. The lowest BCUT2D eigenvalue weighted by Gasteiger charge is -2.06. The molecular formula is C9H10FN3O2. The maximum Gasteiger partial charge on any atom is 0.256 e. The third-order valence-corrected chi connectivity index (χ3v) is 1.70. The van der Waals surface area contributed by atoms with Crippen LogP contribution in [0, 0.1) is 5.82 Å². The van der Waals surface area contributed by atoms with Gasteiger partial charge < -0.3 is 16.8 Å². The first-order valence-electron chi connectivity index (χ1n) is 4.13. The molecule has 1 rings (SSSR count). The summed E-state index contributed by atoms with van der Waals surface area (Å²) in [6.07, 6.45) is 0. The molecule has 0 aromatic heterocycles. The van der Waals surface area contributed by atoms with Crippen molar-refractivity contribution in [1.29, 1.82) is 0 Å². The van der Waals surface area contributed by atoms with Gasteiger partial charge >= 0.3 is 0 Å². The summed E-state index contributed by atoms with van der Waals surface area (Å²) < 4.78 is 13.2. The molecule has 0 spiro atoms. The van der Waals surface area contributed by atoms with E-state index >= 15 is 0 Å². The number of hydrogen-bond acceptors (Lipinski definition) is 3. The van der Waals surface area contributed by atoms with E-state index in [1.807, 2.05) is 0 Å². The zero-order chi connectivity index (χ0) is 11.4. The van der Waals surface area contributed by atoms with Crippen LogP contribution < -0.4 is 16.8 Å². The Kier molecular flexibility index (Phi) is 3.22. The molecule has 5 N–H and O–H groups in total. The summed E-state index contributed by atoms with van der Waals surface area (Å²) in [5, 5.41) is 2.15. The number of amides is 2. The number of hydrogen-bond donors (Lipinski definition) is 3. The van der Waals surface area contributed by atoms with Crippen LogP contribution in [0.25, 0.3) is 0 Å². The fraction of sp³-hybridized carbons (Fsp3) is 0.111. The van der Waals surface area contributed by atoms with Gasteiger partial charge in [0.25, 0.3) is 5.91 Å². The molecule has 0 aliphatic rings. The second-order valence-corrected chi connectivity index (χ2v) is 2.85. The number of benzene rings is 1. The zero-order valence-corrected chi connectivity index (χ0v) is 7.79. The molecule has 80 valence electrons. The molecule has 0 aliphatic heterocycles. The van der Waals surface area contributed by atoms with Crippen LogP contribution in [-0.4, -0.2) is 18.4 Å². The fourth-order valence-corrected chi connectivity index (χ4v) is 1.04. The predicted molar refractivity (Wildman–Crippen MR) is 52.3 cm³/mol. The minimum Gasteiger partial charge on any atom is -0.398 e. The lowest BCUT2D eigenvalue weighted by atomic mass is 10.1. The van der Waals surface area contributed by atoms with E-state index in [0.29, 0.717) is 0 Å². The van der Waals surface area contributed by atoms with Crippen LogP contribution in [0.4, 0.5) is 10.1 Å². The number of nitrogens with two attached hydrogens (primary N) is 2. The molecule has 2 amide bonds. The van der Waals surface area contributed by atoms with Gasteiger partial charge in [0.1, 0.15) is 5.82 Å². The van der Waals surface area contributed by atoms with Crippen LogP contribution in [-0.2, 0) is 4.79 Å². The normalized spacial score (nSPS) is 9.67. The summed E-state index contributed by atoms with van der Waals surface area (Å²) in [4.78, 5) is 21.7. The molecule has 1 aromatic carbocycles. The molecule has 0 atom stereocenters. The number of halogens is 1. The molecule has 0 saturated heterocycles. The van der Waals surface area contributed by atoms with E-state index < -0.39 is 17.6 Å². The van der Waals surface area contributed by atoms with Gasteiger partial charge in [-0.05, 0) is 12.1 Å². The highest BCUT2D eigenvalue weighted by molar-refractivity contribution is 6.00. The van der Waals surface area contributed by atoms with Crippen LogP contribution in [0.3, 0.4) is 0 Å². The maximum absolute atomic E-state index is 13.2. The summed E-state index contributed by atoms with van der Waals surface area (Å²) in [5.74, 6) is -2.21. The lowest BCUT2D eigenvalue weighted by Crippen LogP contribution is -2.34. The highest BCUT2D eigenvalue weighted by atomic mass is 19.1. The molecule has 1 aromatic rings. The Morgan fingerprint density at radius 3 is 2.60 bits per heavy atom. The molecule has 0 unspecified atom stereocenters. The molecule has 5 nitrogen and oxygen atoms in total. The Bertz CT molecular complexity index is 386. The number of carbonyl (C=O) groups is 2. The van der Waals surface area contributed by atoms with Gasteiger partial charge in [-0.25, -0.2) is 4.39 Å². The number of primary amides is 1. The molecule has 0 radical (unpaired) electrons. The minimum atomic E-state index is -0.760. The standard InChI is InChI=1S/C9H10FN3O2/c10-5-2-1-3-6(11)8(5)9(15)13-4-7(12)14/h1-3H,4,11H2,(H2,12,14)(H,13,15). The van der Waals surface area contributed by atoms with Gasteiger partial charge in [-0.2, -0.15) is 0 Å². The highest BCUT2D eigenvalue weighted by Gasteiger charge is 2.14. The third kappa shape index (κ3) is 2.67. The maximum atomic E-state index is 13.2. The van der Waals surface area contributed by atoms with Gasteiger partial charge in [-0.1, -0.05) is 6.07 Å². The number of nitrogen functional groups attached to an aromatic ring is 1. The Morgan fingerprint density at radius 1 is 1.40 bits per heavy atom. The van der Waals surface area contributed by atoms with Crippen LogP contribution in [0.15, 0.2) is 18.2 Å². The smallest absolute Gasteiger partial charge is 0.256 e. The molecular weight excluding hydrogens is 201 g/mol. The molecule has 15 heavy (non-hydrogen) atoms. The largest absolute Gasteiger partial charge is 0.398 e. The first kappa shape index (κ1) is 11.0. The van der Waals surface area contributed by atoms with Crippen molar-refractivity contribution in [3.63, 3.8) is 0 Å². The number of rotatable bonds is 3. The summed E-state index contributed by atoms with van der Waals surface area (Å²) >= 11 is 0. The van der Waals surface area contributed by atoms with Crippen LogP contribution in [0.2, 0.25) is 0 Å². The van der Waals surface area contributed by atoms with E-state index in [4.69, 9.17) is 11.5 Å². The molecule has 0 aliphatic carbocycles. The van der Waals surface area contributed by atoms with Gasteiger partial charge in [-0.3, -0.25) is 9.59 Å². The van der Waals surface area contributed by atoms with Crippen molar-refractivity contribution in [2.75, 3.05) is 12.3 Å². The van der Waals surface area contributed by atoms with E-state index in [1.54, 1.807) is 0 Å². The number of anilines is 1. The quantitative estimate of drug-likeness (QED) is 0.594. The second kappa shape index (κ2) is 4.41. The van der Waals surface area contributed by atoms with Crippen molar-refractivity contribution in [2.45, 2.75) is 0 Å². The van der Waals surface area contributed by atoms with Crippen molar-refractivity contribution in [3.05, 3.63) is 29.6 Å². The SMILES string of the molecule is NC(=O)CNC(=O)c1c(N)cccc1F. The van der Waals surface area contributed by atoms with Gasteiger partial charge in [0.05, 0.1) is 12.1 Å². The molecule has 0 bridgehead atoms. The summed E-state index contributed by atoms with van der Waals surface area (Å²) in [7, 11) is 0. The Labute approximate surface area is 85.2 Å². The number of carbonyl (C=O) groups excluding carboxylic acids is 2. The van der Waals surface area contributed by atoms with E-state index in [1.165, 1.54) is 12.1 Å². The average molecular weight is 211 g/mol. The fourth-order valence-electron chi connectivity index (χ4n) is 1.04. The zero-order valence-electron chi connectivity index (χ0n) is 7.79. The van der Waals surface area contributed by atoms with Gasteiger partial charge in [0.15, 0.2) is 0 Å². The Balaban J connectivity index is 2.86. The minimum absolute atomic E-state index is 0.0111. The average Bonchev–Trinajstić information content (AvgIpc) is 2.14. The Morgan fingerprint density at radius 2 is 2.07 bits per heavy atom. The van der Waals surface area contributed by atoms with Crippen LogP contribution in [0.1, 0.15) is 10.4 Å². The van der Waals surface area contributed by atoms with Gasteiger partial charge in [0, 0.05) is 5.69 Å². The van der Waals surface area contributed by atoms with Gasteiger partial charge in [0.2, 0.25) is 5.91 Å².